The minimum atomic E-state index is 0.246. The Bertz CT molecular complexity index is 226. The zero-order valence-corrected chi connectivity index (χ0v) is 9.95. The zero-order valence-electron chi connectivity index (χ0n) is 9.95. The van der Waals surface area contributed by atoms with Gasteiger partial charge in [0.05, 0.1) is 0 Å². The summed E-state index contributed by atoms with van der Waals surface area (Å²) in [5, 5.41) is 0. The van der Waals surface area contributed by atoms with Gasteiger partial charge in [-0.05, 0) is 33.7 Å². The predicted molar refractivity (Wildman–Crippen MR) is 59.8 cm³/mol. The van der Waals surface area contributed by atoms with E-state index in [2.05, 4.69) is 4.90 Å². The van der Waals surface area contributed by atoms with Crippen LogP contribution in [0.3, 0.4) is 0 Å². The largest absolute Gasteiger partial charge is 0.300 e. The normalized spacial score (nSPS) is 27.7. The third kappa shape index (κ3) is 3.74. The summed E-state index contributed by atoms with van der Waals surface area (Å²) in [4.78, 5) is 24.4. The van der Waals surface area contributed by atoms with Crippen molar-refractivity contribution in [2.75, 3.05) is 7.05 Å². The molecule has 1 saturated heterocycles. The third-order valence-electron chi connectivity index (χ3n) is 3.27. The molecule has 1 heterocycles. The van der Waals surface area contributed by atoms with Crippen molar-refractivity contribution in [1.29, 1.82) is 0 Å². The van der Waals surface area contributed by atoms with Crippen LogP contribution in [0.1, 0.15) is 46.0 Å². The molecule has 86 valence electrons. The summed E-state index contributed by atoms with van der Waals surface area (Å²) in [6.45, 7) is 3.28. The standard InChI is InChI=1S/C12H21NO2/c1-9(14)7-11-5-4-6-12(13(11)3)8-10(2)15/h11-12H,4-8H2,1-3H3/t11-,12+. The molecule has 3 nitrogen and oxygen atoms in total. The molecule has 1 rings (SSSR count). The molecule has 3 heteroatoms. The van der Waals surface area contributed by atoms with Gasteiger partial charge in [0.2, 0.25) is 0 Å². The maximum absolute atomic E-state index is 11.1. The van der Waals surface area contributed by atoms with Gasteiger partial charge in [0, 0.05) is 24.9 Å². The summed E-state index contributed by atoms with van der Waals surface area (Å²) >= 11 is 0. The molecule has 2 atom stereocenters. The van der Waals surface area contributed by atoms with E-state index in [0.29, 0.717) is 24.9 Å². The van der Waals surface area contributed by atoms with Gasteiger partial charge in [0.15, 0.2) is 0 Å². The molecular weight excluding hydrogens is 190 g/mol. The van der Waals surface area contributed by atoms with Crippen molar-refractivity contribution >= 4 is 11.6 Å². The van der Waals surface area contributed by atoms with Gasteiger partial charge in [0.25, 0.3) is 0 Å². The van der Waals surface area contributed by atoms with Crippen LogP contribution in [-0.2, 0) is 9.59 Å². The second-order valence-corrected chi connectivity index (χ2v) is 4.72. The van der Waals surface area contributed by atoms with Gasteiger partial charge in [-0.1, -0.05) is 6.42 Å². The first-order valence-electron chi connectivity index (χ1n) is 5.71. The molecule has 0 N–H and O–H groups in total. The van der Waals surface area contributed by atoms with E-state index in [9.17, 15) is 9.59 Å². The number of Topliss-reactive ketones (excluding diaryl/α,β-unsaturated/α-hetero) is 2. The summed E-state index contributed by atoms with van der Waals surface area (Å²) in [5.74, 6) is 0.491. The SMILES string of the molecule is CC(=O)C[C@H]1CCC[C@@H](CC(C)=O)N1C. The highest BCUT2D eigenvalue weighted by Gasteiger charge is 2.28. The van der Waals surface area contributed by atoms with Crippen LogP contribution < -0.4 is 0 Å². The van der Waals surface area contributed by atoms with Gasteiger partial charge in [-0.25, -0.2) is 0 Å². The van der Waals surface area contributed by atoms with E-state index in [4.69, 9.17) is 0 Å². The molecule has 0 spiro atoms. The van der Waals surface area contributed by atoms with Crippen LogP contribution in [0.25, 0.3) is 0 Å². The monoisotopic (exact) mass is 211 g/mol. The second-order valence-electron chi connectivity index (χ2n) is 4.72. The fraction of sp³-hybridized carbons (Fsp3) is 0.833. The Morgan fingerprint density at radius 1 is 1.07 bits per heavy atom. The average molecular weight is 211 g/mol. The molecule has 0 amide bonds. The van der Waals surface area contributed by atoms with Gasteiger partial charge in [-0.15, -0.1) is 0 Å². The summed E-state index contributed by atoms with van der Waals surface area (Å²) in [7, 11) is 2.04. The number of nitrogens with zero attached hydrogens (tertiary/aromatic N) is 1. The highest BCUT2D eigenvalue weighted by molar-refractivity contribution is 5.77. The van der Waals surface area contributed by atoms with Crippen molar-refractivity contribution in [2.24, 2.45) is 0 Å². The van der Waals surface area contributed by atoms with E-state index in [-0.39, 0.29) is 11.6 Å². The van der Waals surface area contributed by atoms with Crippen molar-refractivity contribution in [3.05, 3.63) is 0 Å². The smallest absolute Gasteiger partial charge is 0.131 e. The summed E-state index contributed by atoms with van der Waals surface area (Å²) < 4.78 is 0. The van der Waals surface area contributed by atoms with E-state index in [1.54, 1.807) is 13.8 Å². The third-order valence-corrected chi connectivity index (χ3v) is 3.27. The van der Waals surface area contributed by atoms with Gasteiger partial charge >= 0.3 is 0 Å². The summed E-state index contributed by atoms with van der Waals surface area (Å²) in [6, 6.07) is 0.696. The highest BCUT2D eigenvalue weighted by Crippen LogP contribution is 2.25. The van der Waals surface area contributed by atoms with Gasteiger partial charge in [-0.2, -0.15) is 0 Å². The van der Waals surface area contributed by atoms with Crippen molar-refractivity contribution in [3.63, 3.8) is 0 Å². The quantitative estimate of drug-likeness (QED) is 0.711. The highest BCUT2D eigenvalue weighted by atomic mass is 16.1. The minimum absolute atomic E-state index is 0.246. The summed E-state index contributed by atoms with van der Waals surface area (Å²) in [6.07, 6.45) is 4.57. The van der Waals surface area contributed by atoms with Crippen molar-refractivity contribution in [2.45, 2.75) is 58.0 Å². The van der Waals surface area contributed by atoms with Crippen LogP contribution in [0.4, 0.5) is 0 Å². The van der Waals surface area contributed by atoms with E-state index in [1.807, 2.05) is 7.05 Å². The number of piperidine rings is 1. The Hall–Kier alpha value is -0.700. The Labute approximate surface area is 91.8 Å². The fourth-order valence-corrected chi connectivity index (χ4v) is 2.45. The lowest BCUT2D eigenvalue weighted by atomic mass is 9.91. The molecule has 15 heavy (non-hydrogen) atoms. The van der Waals surface area contributed by atoms with Gasteiger partial charge in [0.1, 0.15) is 11.6 Å². The lowest BCUT2D eigenvalue weighted by Crippen LogP contribution is -2.45. The van der Waals surface area contributed by atoms with E-state index >= 15 is 0 Å². The van der Waals surface area contributed by atoms with Crippen LogP contribution in [0.2, 0.25) is 0 Å². The first kappa shape index (κ1) is 12.4. The molecule has 0 saturated carbocycles. The molecule has 1 aliphatic rings. The number of ketones is 2. The maximum atomic E-state index is 11.1. The average Bonchev–Trinajstić information content (AvgIpc) is 2.10. The minimum Gasteiger partial charge on any atom is -0.300 e. The van der Waals surface area contributed by atoms with Gasteiger partial charge < -0.3 is 0 Å². The Morgan fingerprint density at radius 3 is 1.80 bits per heavy atom. The maximum Gasteiger partial charge on any atom is 0.131 e. The topological polar surface area (TPSA) is 37.4 Å². The van der Waals surface area contributed by atoms with Gasteiger partial charge in [-0.3, -0.25) is 14.5 Å². The van der Waals surface area contributed by atoms with Crippen LogP contribution in [0, 0.1) is 0 Å². The van der Waals surface area contributed by atoms with Crippen molar-refractivity contribution in [3.8, 4) is 0 Å². The molecule has 1 aliphatic heterocycles. The molecule has 0 aromatic heterocycles. The van der Waals surface area contributed by atoms with E-state index in [0.717, 1.165) is 19.3 Å². The predicted octanol–water partition coefficient (Wildman–Crippen LogP) is 1.80. The number of carbonyl (C=O) groups is 2. The van der Waals surface area contributed by atoms with Crippen LogP contribution in [0.15, 0.2) is 0 Å². The first-order chi connectivity index (χ1) is 7.00. The molecular formula is C12H21NO2. The fourth-order valence-electron chi connectivity index (χ4n) is 2.45. The molecule has 0 aromatic rings. The van der Waals surface area contributed by atoms with Crippen molar-refractivity contribution < 1.29 is 9.59 Å². The van der Waals surface area contributed by atoms with Crippen LogP contribution in [0.5, 0.6) is 0 Å². The number of hydrogen-bond acceptors (Lipinski definition) is 3. The van der Waals surface area contributed by atoms with Crippen LogP contribution in [-0.4, -0.2) is 35.6 Å². The lowest BCUT2D eigenvalue weighted by Gasteiger charge is -2.39. The molecule has 0 aliphatic carbocycles. The number of rotatable bonds is 4. The molecule has 0 aromatic carbocycles. The van der Waals surface area contributed by atoms with E-state index in [1.165, 1.54) is 0 Å². The Morgan fingerprint density at radius 2 is 1.47 bits per heavy atom. The number of hydrogen-bond donors (Lipinski definition) is 0. The Balaban J connectivity index is 2.54. The molecule has 0 bridgehead atoms. The van der Waals surface area contributed by atoms with Crippen LogP contribution >= 0.6 is 0 Å². The summed E-state index contributed by atoms with van der Waals surface area (Å²) in [5.41, 5.74) is 0. The van der Waals surface area contributed by atoms with E-state index < -0.39 is 0 Å². The first-order valence-corrected chi connectivity index (χ1v) is 5.71. The Kier molecular flexibility index (Phi) is 4.45. The number of carbonyl (C=O) groups excluding carboxylic acids is 2. The zero-order chi connectivity index (χ0) is 11.4. The van der Waals surface area contributed by atoms with Crippen molar-refractivity contribution in [1.82, 2.24) is 4.90 Å². The number of likely N-dealkylation sites (tertiary alicyclic amines) is 1. The molecule has 1 fully saturated rings. The molecule has 0 radical (unpaired) electrons. The lowest BCUT2D eigenvalue weighted by molar-refractivity contribution is -0.119. The molecule has 0 unspecified atom stereocenters. The second kappa shape index (κ2) is 5.40.